The fourth-order valence-electron chi connectivity index (χ4n) is 8.88. The smallest absolute Gasteiger partial charge is 0.136 e. The molecular formula is C42H20N2O2. The topological polar surface area (TPSA) is 35.1 Å². The van der Waals surface area contributed by atoms with E-state index in [9.17, 15) is 0 Å². The van der Waals surface area contributed by atoms with Crippen LogP contribution in [0.2, 0.25) is 0 Å². The van der Waals surface area contributed by atoms with Gasteiger partial charge in [0.25, 0.3) is 0 Å². The van der Waals surface area contributed by atoms with Crippen LogP contribution in [0, 0.1) is 0 Å². The summed E-state index contributed by atoms with van der Waals surface area (Å²) in [6.45, 7) is 0. The Morgan fingerprint density at radius 1 is 0.283 bits per heavy atom. The first-order chi connectivity index (χ1) is 22.8. The molecule has 0 saturated carbocycles. The van der Waals surface area contributed by atoms with Crippen molar-refractivity contribution in [1.29, 1.82) is 0 Å². The monoisotopic (exact) mass is 584 g/mol. The van der Waals surface area contributed by atoms with E-state index in [2.05, 4.69) is 118 Å². The molecule has 6 aromatic heterocycles. The SMILES string of the molecule is c1ccc2c(c1)oc1cc3c4cccc5c6cc7c(cc6n(c3cc12)c45)c1cccc2c3cc4oc5ccccc5c4cc3n7c21. The van der Waals surface area contributed by atoms with Crippen molar-refractivity contribution in [3.63, 3.8) is 0 Å². The van der Waals surface area contributed by atoms with Gasteiger partial charge in [-0.1, -0.05) is 72.8 Å². The normalized spacial score (nSPS) is 13.2. The predicted molar refractivity (Wildman–Crippen MR) is 190 cm³/mol. The van der Waals surface area contributed by atoms with Crippen LogP contribution in [-0.4, -0.2) is 8.80 Å². The Bertz CT molecular complexity index is 3240. The van der Waals surface area contributed by atoms with Crippen molar-refractivity contribution in [3.8, 4) is 0 Å². The van der Waals surface area contributed by atoms with Gasteiger partial charge in [0.1, 0.15) is 22.3 Å². The highest BCUT2D eigenvalue weighted by molar-refractivity contribution is 6.30. The lowest BCUT2D eigenvalue weighted by molar-refractivity contribution is 0.669. The van der Waals surface area contributed by atoms with Crippen molar-refractivity contribution in [2.45, 2.75) is 0 Å². The molecule has 0 radical (unpaired) electrons. The van der Waals surface area contributed by atoms with Gasteiger partial charge in [-0.05, 0) is 48.5 Å². The molecule has 0 fully saturated rings. The Balaban J connectivity index is 1.23. The lowest BCUT2D eigenvalue weighted by Gasteiger charge is -2.02. The minimum atomic E-state index is 0.928. The largest absolute Gasteiger partial charge is 0.456 e. The first-order valence-corrected chi connectivity index (χ1v) is 15.8. The molecule has 0 amide bonds. The number of aromatic nitrogens is 2. The van der Waals surface area contributed by atoms with Crippen LogP contribution >= 0.6 is 0 Å². The summed E-state index contributed by atoms with van der Waals surface area (Å²) in [4.78, 5) is 0. The van der Waals surface area contributed by atoms with Crippen molar-refractivity contribution >= 4 is 120 Å². The first-order valence-electron chi connectivity index (χ1n) is 15.8. The predicted octanol–water partition coefficient (Wildman–Crippen LogP) is 11.8. The second-order valence-electron chi connectivity index (χ2n) is 12.9. The van der Waals surface area contributed by atoms with Crippen molar-refractivity contribution in [1.82, 2.24) is 8.80 Å². The Kier molecular flexibility index (Phi) is 3.47. The van der Waals surface area contributed by atoms with E-state index < -0.39 is 0 Å². The highest BCUT2D eigenvalue weighted by Gasteiger charge is 2.23. The van der Waals surface area contributed by atoms with Gasteiger partial charge in [-0.2, -0.15) is 0 Å². The highest BCUT2D eigenvalue weighted by atomic mass is 16.3. The van der Waals surface area contributed by atoms with E-state index in [1.807, 2.05) is 12.1 Å². The van der Waals surface area contributed by atoms with Crippen molar-refractivity contribution in [3.05, 3.63) is 121 Å². The number of fused-ring (bicyclic) bond motifs is 18. The van der Waals surface area contributed by atoms with Gasteiger partial charge in [0.2, 0.25) is 0 Å². The summed E-state index contributed by atoms with van der Waals surface area (Å²) in [7, 11) is 0. The van der Waals surface area contributed by atoms with Gasteiger partial charge in [-0.3, -0.25) is 0 Å². The third-order valence-electron chi connectivity index (χ3n) is 10.7. The molecule has 46 heavy (non-hydrogen) atoms. The van der Waals surface area contributed by atoms with Crippen LogP contribution in [0.3, 0.4) is 0 Å². The standard InChI is InChI=1S/C42H20N2O2/c1-3-13-37-21(7-1)31-17-35-29(19-39(31)45-37)25-11-5-9-23-27-16-34-28(15-33(27)43(35)41(23)25)24-10-6-12-26-30-20-40-32(18-36(30)44(34)42(24)26)22-8-2-4-14-38(22)46-40/h1-20H. The Morgan fingerprint density at radius 3 is 1.07 bits per heavy atom. The average molecular weight is 585 g/mol. The summed E-state index contributed by atoms with van der Waals surface area (Å²) >= 11 is 0. The molecule has 4 heteroatoms. The van der Waals surface area contributed by atoms with Gasteiger partial charge in [0, 0.05) is 64.6 Å². The summed E-state index contributed by atoms with van der Waals surface area (Å²) in [5, 5.41) is 14.7. The van der Waals surface area contributed by atoms with E-state index in [-0.39, 0.29) is 0 Å². The number of hydrogen-bond acceptors (Lipinski definition) is 2. The van der Waals surface area contributed by atoms with Crippen LogP contribution in [0.1, 0.15) is 0 Å². The molecule has 0 N–H and O–H groups in total. The van der Waals surface area contributed by atoms with Gasteiger partial charge >= 0.3 is 0 Å². The second-order valence-corrected chi connectivity index (χ2v) is 12.9. The van der Waals surface area contributed by atoms with Crippen LogP contribution in [0.4, 0.5) is 0 Å². The minimum absolute atomic E-state index is 0.928. The molecule has 6 heterocycles. The van der Waals surface area contributed by atoms with E-state index in [1.54, 1.807) is 0 Å². The third kappa shape index (κ3) is 2.33. The fourth-order valence-corrected chi connectivity index (χ4v) is 8.88. The quantitative estimate of drug-likeness (QED) is 0.178. The summed E-state index contributed by atoms with van der Waals surface area (Å²) < 4.78 is 17.6. The van der Waals surface area contributed by atoms with Crippen molar-refractivity contribution < 1.29 is 8.83 Å². The number of para-hydroxylation sites is 4. The maximum absolute atomic E-state index is 6.32. The van der Waals surface area contributed by atoms with Crippen LogP contribution < -0.4 is 0 Å². The molecule has 0 saturated heterocycles. The Morgan fingerprint density at radius 2 is 0.630 bits per heavy atom. The highest BCUT2D eigenvalue weighted by Crippen LogP contribution is 2.46. The number of rotatable bonds is 0. The number of furan rings is 2. The van der Waals surface area contributed by atoms with Crippen LogP contribution in [0.15, 0.2) is 130 Å². The lowest BCUT2D eigenvalue weighted by atomic mass is 10.0. The summed E-state index contributed by atoms with van der Waals surface area (Å²) in [5.41, 5.74) is 11.2. The van der Waals surface area contributed by atoms with Gasteiger partial charge in [-0.15, -0.1) is 0 Å². The van der Waals surface area contributed by atoms with E-state index in [0.717, 1.165) is 43.9 Å². The maximum atomic E-state index is 6.32. The third-order valence-corrected chi connectivity index (χ3v) is 10.7. The summed E-state index contributed by atoms with van der Waals surface area (Å²) in [5.74, 6) is 0. The van der Waals surface area contributed by atoms with Crippen LogP contribution in [-0.2, 0) is 0 Å². The zero-order valence-corrected chi connectivity index (χ0v) is 24.3. The minimum Gasteiger partial charge on any atom is -0.456 e. The van der Waals surface area contributed by atoms with Crippen LogP contribution in [0.25, 0.3) is 120 Å². The molecule has 0 aliphatic carbocycles. The van der Waals surface area contributed by atoms with E-state index in [0.29, 0.717) is 0 Å². The molecule has 0 unspecified atom stereocenters. The number of nitrogens with zero attached hydrogens (tertiary/aromatic N) is 2. The molecule has 0 aliphatic heterocycles. The Hall–Kier alpha value is -6.26. The molecular weight excluding hydrogens is 564 g/mol. The molecule has 0 aliphatic rings. The molecule has 13 aromatic rings. The molecule has 0 spiro atoms. The van der Waals surface area contributed by atoms with E-state index >= 15 is 0 Å². The zero-order valence-electron chi connectivity index (χ0n) is 24.3. The molecule has 4 nitrogen and oxygen atoms in total. The lowest BCUT2D eigenvalue weighted by Crippen LogP contribution is -1.83. The molecule has 13 rings (SSSR count). The number of benzene rings is 7. The van der Waals surface area contributed by atoms with Gasteiger partial charge in [0.05, 0.1) is 33.1 Å². The van der Waals surface area contributed by atoms with Crippen molar-refractivity contribution in [2.75, 3.05) is 0 Å². The summed E-state index contributed by atoms with van der Waals surface area (Å²) in [6, 6.07) is 44.2. The number of hydrogen-bond donors (Lipinski definition) is 0. The average Bonchev–Trinajstić information content (AvgIpc) is 3.92. The van der Waals surface area contributed by atoms with Gasteiger partial charge in [-0.25, -0.2) is 0 Å². The second kappa shape index (κ2) is 7.17. The van der Waals surface area contributed by atoms with Crippen molar-refractivity contribution in [2.24, 2.45) is 0 Å². The molecule has 0 atom stereocenters. The summed E-state index contributed by atoms with van der Waals surface area (Å²) in [6.07, 6.45) is 0. The van der Waals surface area contributed by atoms with E-state index in [4.69, 9.17) is 8.83 Å². The molecule has 7 aromatic carbocycles. The van der Waals surface area contributed by atoms with Gasteiger partial charge in [0.15, 0.2) is 0 Å². The Labute approximate surface area is 258 Å². The fraction of sp³-hybridized carbons (Fsp3) is 0. The molecule has 210 valence electrons. The van der Waals surface area contributed by atoms with Crippen LogP contribution in [0.5, 0.6) is 0 Å². The van der Waals surface area contributed by atoms with Gasteiger partial charge < -0.3 is 17.6 Å². The molecule has 0 bridgehead atoms. The zero-order chi connectivity index (χ0) is 29.4. The maximum Gasteiger partial charge on any atom is 0.136 e. The van der Waals surface area contributed by atoms with E-state index in [1.165, 1.54) is 76.2 Å². The first kappa shape index (κ1) is 22.3.